The number of hydrogen-bond donors (Lipinski definition) is 1. The Morgan fingerprint density at radius 1 is 1.29 bits per heavy atom. The predicted molar refractivity (Wildman–Crippen MR) is 55.0 cm³/mol. The van der Waals surface area contributed by atoms with E-state index in [0.29, 0.717) is 5.71 Å². The minimum Gasteiger partial charge on any atom is -0.291 e. The lowest BCUT2D eigenvalue weighted by atomic mass is 9.88. The van der Waals surface area contributed by atoms with Gasteiger partial charge in [-0.05, 0) is 19.4 Å². The Morgan fingerprint density at radius 3 is 2.43 bits per heavy atom. The number of hydrogen-bond acceptors (Lipinski definition) is 3. The molecule has 0 aromatic heterocycles. The molecule has 1 unspecified atom stereocenters. The number of rotatable bonds is 1. The molecule has 1 aliphatic rings. The van der Waals surface area contributed by atoms with Crippen LogP contribution in [-0.4, -0.2) is 11.5 Å². The second kappa shape index (κ2) is 2.94. The van der Waals surface area contributed by atoms with Crippen molar-refractivity contribution in [1.82, 2.24) is 5.43 Å². The average Bonchev–Trinajstić information content (AvgIpc) is 2.49. The molecule has 14 heavy (non-hydrogen) atoms. The molecule has 1 aliphatic heterocycles. The lowest BCUT2D eigenvalue weighted by Gasteiger charge is -2.22. The number of nitrogens with zero attached hydrogens (tertiary/aromatic N) is 1. The molecule has 1 heterocycles. The van der Waals surface area contributed by atoms with Crippen LogP contribution in [0, 0.1) is 0 Å². The minimum atomic E-state index is -0.675. The van der Waals surface area contributed by atoms with E-state index >= 15 is 0 Å². The SMILES string of the molecule is CC1=NNC(C)(c2ccccc2)C1=O. The van der Waals surface area contributed by atoms with Gasteiger partial charge in [0.25, 0.3) is 0 Å². The fourth-order valence-electron chi connectivity index (χ4n) is 1.63. The van der Waals surface area contributed by atoms with Crippen LogP contribution in [0.4, 0.5) is 0 Å². The lowest BCUT2D eigenvalue weighted by Crippen LogP contribution is -2.40. The van der Waals surface area contributed by atoms with Crippen molar-refractivity contribution in [3.05, 3.63) is 35.9 Å². The Balaban J connectivity index is 2.42. The van der Waals surface area contributed by atoms with E-state index in [2.05, 4.69) is 10.5 Å². The van der Waals surface area contributed by atoms with Gasteiger partial charge in [0.15, 0.2) is 0 Å². The van der Waals surface area contributed by atoms with Crippen molar-refractivity contribution in [3.63, 3.8) is 0 Å². The number of Topliss-reactive ketones (excluding diaryl/α,β-unsaturated/α-hetero) is 1. The molecule has 1 aromatic carbocycles. The van der Waals surface area contributed by atoms with Crippen LogP contribution in [0.1, 0.15) is 19.4 Å². The topological polar surface area (TPSA) is 41.5 Å². The van der Waals surface area contributed by atoms with Crippen molar-refractivity contribution in [1.29, 1.82) is 0 Å². The van der Waals surface area contributed by atoms with Gasteiger partial charge >= 0.3 is 0 Å². The number of ketones is 1. The normalized spacial score (nSPS) is 25.9. The fourth-order valence-corrected chi connectivity index (χ4v) is 1.63. The van der Waals surface area contributed by atoms with Crippen LogP contribution in [0.15, 0.2) is 35.4 Å². The third-order valence-electron chi connectivity index (χ3n) is 2.58. The third-order valence-corrected chi connectivity index (χ3v) is 2.58. The molecule has 0 saturated carbocycles. The smallest absolute Gasteiger partial charge is 0.209 e. The first-order valence-electron chi connectivity index (χ1n) is 4.56. The molecule has 3 heteroatoms. The Bertz CT molecular complexity index is 397. The van der Waals surface area contributed by atoms with E-state index in [4.69, 9.17) is 0 Å². The van der Waals surface area contributed by atoms with Gasteiger partial charge in [0, 0.05) is 0 Å². The van der Waals surface area contributed by atoms with E-state index in [1.165, 1.54) is 0 Å². The highest BCUT2D eigenvalue weighted by Crippen LogP contribution is 2.25. The van der Waals surface area contributed by atoms with Crippen LogP contribution < -0.4 is 5.43 Å². The summed E-state index contributed by atoms with van der Waals surface area (Å²) in [6, 6.07) is 9.63. The largest absolute Gasteiger partial charge is 0.291 e. The Morgan fingerprint density at radius 2 is 1.93 bits per heavy atom. The molecule has 0 saturated heterocycles. The molecule has 1 N–H and O–H groups in total. The molecule has 0 fully saturated rings. The molecular weight excluding hydrogens is 176 g/mol. The van der Waals surface area contributed by atoms with Crippen molar-refractivity contribution in [2.75, 3.05) is 0 Å². The third kappa shape index (κ3) is 1.13. The molecule has 0 amide bonds. The van der Waals surface area contributed by atoms with Crippen LogP contribution in [0.5, 0.6) is 0 Å². The second-order valence-corrected chi connectivity index (χ2v) is 3.63. The van der Waals surface area contributed by atoms with Crippen molar-refractivity contribution in [2.45, 2.75) is 19.4 Å². The molecule has 72 valence electrons. The zero-order chi connectivity index (χ0) is 10.2. The molecule has 1 aromatic rings. The molecule has 0 bridgehead atoms. The summed E-state index contributed by atoms with van der Waals surface area (Å²) in [4.78, 5) is 11.8. The standard InChI is InChI=1S/C11H12N2O/c1-8-10(14)11(2,13-12-8)9-6-4-3-5-7-9/h3-7,13H,1-2H3. The first-order chi connectivity index (χ1) is 6.64. The first-order valence-corrected chi connectivity index (χ1v) is 4.56. The monoisotopic (exact) mass is 188 g/mol. The Labute approximate surface area is 82.8 Å². The Hall–Kier alpha value is -1.64. The van der Waals surface area contributed by atoms with Gasteiger partial charge in [-0.1, -0.05) is 30.3 Å². The Kier molecular flexibility index (Phi) is 1.88. The van der Waals surface area contributed by atoms with Gasteiger partial charge in [-0.3, -0.25) is 10.2 Å². The van der Waals surface area contributed by atoms with Crippen LogP contribution >= 0.6 is 0 Å². The maximum atomic E-state index is 11.8. The molecule has 2 rings (SSSR count). The van der Waals surface area contributed by atoms with Gasteiger partial charge in [0.05, 0.1) is 0 Å². The molecule has 0 radical (unpaired) electrons. The number of benzene rings is 1. The van der Waals surface area contributed by atoms with E-state index < -0.39 is 5.54 Å². The van der Waals surface area contributed by atoms with Gasteiger partial charge in [0.1, 0.15) is 11.3 Å². The van der Waals surface area contributed by atoms with Gasteiger partial charge in [-0.15, -0.1) is 0 Å². The van der Waals surface area contributed by atoms with Crippen LogP contribution in [0.25, 0.3) is 0 Å². The van der Waals surface area contributed by atoms with E-state index in [0.717, 1.165) is 5.56 Å². The van der Waals surface area contributed by atoms with Crippen molar-refractivity contribution in [2.24, 2.45) is 5.10 Å². The van der Waals surface area contributed by atoms with Crippen molar-refractivity contribution < 1.29 is 4.79 Å². The highest BCUT2D eigenvalue weighted by molar-refractivity contribution is 6.43. The van der Waals surface area contributed by atoms with Crippen molar-refractivity contribution in [3.8, 4) is 0 Å². The van der Waals surface area contributed by atoms with Crippen LogP contribution in [0.2, 0.25) is 0 Å². The molecule has 1 atom stereocenters. The van der Waals surface area contributed by atoms with Crippen LogP contribution in [0.3, 0.4) is 0 Å². The lowest BCUT2D eigenvalue weighted by molar-refractivity contribution is -0.117. The number of carbonyl (C=O) groups excluding carboxylic acids is 1. The summed E-state index contributed by atoms with van der Waals surface area (Å²) in [5.74, 6) is 0.0451. The number of nitrogens with one attached hydrogen (secondary N) is 1. The summed E-state index contributed by atoms with van der Waals surface area (Å²) in [5.41, 5.74) is 3.70. The predicted octanol–water partition coefficient (Wildman–Crippen LogP) is 1.45. The quantitative estimate of drug-likeness (QED) is 0.724. The summed E-state index contributed by atoms with van der Waals surface area (Å²) in [6.07, 6.45) is 0. The van der Waals surface area contributed by atoms with Gasteiger partial charge in [0.2, 0.25) is 5.78 Å². The van der Waals surface area contributed by atoms with Gasteiger partial charge < -0.3 is 0 Å². The van der Waals surface area contributed by atoms with Crippen molar-refractivity contribution >= 4 is 11.5 Å². The number of hydrazone groups is 1. The fraction of sp³-hybridized carbons (Fsp3) is 0.273. The van der Waals surface area contributed by atoms with E-state index in [9.17, 15) is 4.79 Å². The van der Waals surface area contributed by atoms with E-state index in [1.54, 1.807) is 6.92 Å². The second-order valence-electron chi connectivity index (χ2n) is 3.63. The molecular formula is C11H12N2O. The molecule has 0 spiro atoms. The summed E-state index contributed by atoms with van der Waals surface area (Å²) in [7, 11) is 0. The van der Waals surface area contributed by atoms with Gasteiger partial charge in [-0.2, -0.15) is 5.10 Å². The van der Waals surface area contributed by atoms with Crippen LogP contribution in [-0.2, 0) is 10.3 Å². The van der Waals surface area contributed by atoms with Gasteiger partial charge in [-0.25, -0.2) is 0 Å². The highest BCUT2D eigenvalue weighted by atomic mass is 16.1. The summed E-state index contributed by atoms with van der Waals surface area (Å²) in [5, 5.41) is 3.96. The minimum absolute atomic E-state index is 0.0451. The first kappa shape index (κ1) is 8.94. The summed E-state index contributed by atoms with van der Waals surface area (Å²) >= 11 is 0. The maximum Gasteiger partial charge on any atom is 0.209 e. The number of carbonyl (C=O) groups is 1. The zero-order valence-electron chi connectivity index (χ0n) is 8.24. The highest BCUT2D eigenvalue weighted by Gasteiger charge is 2.40. The maximum absolute atomic E-state index is 11.8. The molecule has 0 aliphatic carbocycles. The van der Waals surface area contributed by atoms with E-state index in [-0.39, 0.29) is 5.78 Å². The average molecular weight is 188 g/mol. The van der Waals surface area contributed by atoms with E-state index in [1.807, 2.05) is 37.3 Å². The summed E-state index contributed by atoms with van der Waals surface area (Å²) in [6.45, 7) is 3.58. The zero-order valence-corrected chi connectivity index (χ0v) is 8.24. The molecule has 3 nitrogen and oxygen atoms in total. The summed E-state index contributed by atoms with van der Waals surface area (Å²) < 4.78 is 0.